The minimum Gasteiger partial charge on any atom is -0.322 e. The van der Waals surface area contributed by atoms with Crippen LogP contribution in [0.25, 0.3) is 0 Å². The summed E-state index contributed by atoms with van der Waals surface area (Å²) in [6, 6.07) is 5.06. The molecule has 6 heteroatoms. The highest BCUT2D eigenvalue weighted by atomic mass is 35.5. The molecule has 0 aromatic heterocycles. The number of anilines is 1. The molecule has 0 spiro atoms. The van der Waals surface area contributed by atoms with E-state index in [1.54, 1.807) is 37.3 Å². The molecule has 0 saturated carbocycles. The van der Waals surface area contributed by atoms with Crippen molar-refractivity contribution in [3.63, 3.8) is 0 Å². The molecule has 88 valence electrons. The lowest BCUT2D eigenvalue weighted by molar-refractivity contribution is -0.116. The van der Waals surface area contributed by atoms with Crippen LogP contribution in [0, 0.1) is 0 Å². The van der Waals surface area contributed by atoms with Crippen LogP contribution in [0.1, 0.15) is 0 Å². The van der Waals surface area contributed by atoms with Gasteiger partial charge in [-0.3, -0.25) is 9.80 Å². The first-order valence-corrected chi connectivity index (χ1v) is 5.41. The van der Waals surface area contributed by atoms with E-state index in [4.69, 9.17) is 23.2 Å². The molecule has 0 heterocycles. The number of amides is 1. The predicted molar refractivity (Wildman–Crippen MR) is 66.8 cm³/mol. The molecule has 16 heavy (non-hydrogen) atoms. The van der Waals surface area contributed by atoms with E-state index in [9.17, 15) is 4.79 Å². The van der Waals surface area contributed by atoms with E-state index in [1.165, 1.54) is 0 Å². The summed E-state index contributed by atoms with van der Waals surface area (Å²) < 4.78 is 0. The number of nitrogens with zero attached hydrogens (tertiary/aromatic N) is 1. The fraction of sp³-hybridized carbons (Fsp3) is 0.300. The quantitative estimate of drug-likeness (QED) is 0.816. The third kappa shape index (κ3) is 3.98. The number of hydrogen-bond acceptors (Lipinski definition) is 3. The van der Waals surface area contributed by atoms with Gasteiger partial charge in [0, 0.05) is 14.1 Å². The normalized spacial score (nSPS) is 10.6. The molecule has 0 aliphatic rings. The van der Waals surface area contributed by atoms with E-state index in [-0.39, 0.29) is 12.5 Å². The lowest BCUT2D eigenvalue weighted by Gasteiger charge is -2.13. The summed E-state index contributed by atoms with van der Waals surface area (Å²) in [6.45, 7) is 0.161. The van der Waals surface area contributed by atoms with E-state index in [0.29, 0.717) is 15.7 Å². The van der Waals surface area contributed by atoms with E-state index in [2.05, 4.69) is 10.7 Å². The Kier molecular flexibility index (Phi) is 5.02. The van der Waals surface area contributed by atoms with Gasteiger partial charge >= 0.3 is 0 Å². The first-order valence-electron chi connectivity index (χ1n) is 4.65. The fourth-order valence-corrected chi connectivity index (χ4v) is 1.52. The largest absolute Gasteiger partial charge is 0.322 e. The number of halogens is 2. The van der Waals surface area contributed by atoms with Crippen LogP contribution in [0.2, 0.25) is 10.0 Å². The summed E-state index contributed by atoms with van der Waals surface area (Å²) >= 11 is 11.8. The highest BCUT2D eigenvalue weighted by Gasteiger charge is 2.09. The molecule has 0 saturated heterocycles. The molecule has 0 aliphatic carbocycles. The number of carbonyl (C=O) groups is 1. The third-order valence-electron chi connectivity index (χ3n) is 1.78. The first-order chi connectivity index (χ1) is 7.50. The van der Waals surface area contributed by atoms with Crippen molar-refractivity contribution in [3.8, 4) is 0 Å². The molecule has 0 bridgehead atoms. The summed E-state index contributed by atoms with van der Waals surface area (Å²) in [7, 11) is 3.60. The highest BCUT2D eigenvalue weighted by molar-refractivity contribution is 6.39. The molecule has 1 rings (SSSR count). The number of benzene rings is 1. The Morgan fingerprint density at radius 2 is 1.88 bits per heavy atom. The van der Waals surface area contributed by atoms with Crippen LogP contribution in [0.15, 0.2) is 18.2 Å². The van der Waals surface area contributed by atoms with Gasteiger partial charge in [-0.05, 0) is 12.1 Å². The lowest BCUT2D eigenvalue weighted by Crippen LogP contribution is -2.37. The van der Waals surface area contributed by atoms with Crippen molar-refractivity contribution in [2.75, 3.05) is 26.0 Å². The average Bonchev–Trinajstić information content (AvgIpc) is 2.21. The second-order valence-electron chi connectivity index (χ2n) is 3.37. The Morgan fingerprint density at radius 1 is 1.31 bits per heavy atom. The van der Waals surface area contributed by atoms with Crippen LogP contribution < -0.4 is 10.7 Å². The molecule has 1 aromatic rings. The maximum atomic E-state index is 11.5. The van der Waals surface area contributed by atoms with E-state index in [1.807, 2.05) is 0 Å². The van der Waals surface area contributed by atoms with E-state index < -0.39 is 0 Å². The van der Waals surface area contributed by atoms with Crippen LogP contribution in [-0.2, 0) is 4.79 Å². The standard InChI is InChI=1S/C10H13Cl2N3O/c1-15(2)13-6-9(16)14-10-7(11)4-3-5-8(10)12/h3-5,13H,6H2,1-2H3,(H,14,16). The predicted octanol–water partition coefficient (Wildman–Crippen LogP) is 2.00. The summed E-state index contributed by atoms with van der Waals surface area (Å²) in [5.41, 5.74) is 3.28. The minimum atomic E-state index is -0.205. The SMILES string of the molecule is CN(C)NCC(=O)Nc1c(Cl)cccc1Cl. The summed E-state index contributed by atoms with van der Waals surface area (Å²) in [4.78, 5) is 11.5. The third-order valence-corrected chi connectivity index (χ3v) is 2.41. The molecule has 0 fully saturated rings. The van der Waals surface area contributed by atoms with Gasteiger partial charge in [0.2, 0.25) is 5.91 Å². The van der Waals surface area contributed by atoms with Gasteiger partial charge < -0.3 is 5.32 Å². The van der Waals surface area contributed by atoms with Crippen molar-refractivity contribution >= 4 is 34.8 Å². The first kappa shape index (κ1) is 13.3. The van der Waals surface area contributed by atoms with Crippen molar-refractivity contribution in [2.45, 2.75) is 0 Å². The Hall–Kier alpha value is -0.810. The van der Waals surface area contributed by atoms with E-state index in [0.717, 1.165) is 0 Å². The van der Waals surface area contributed by atoms with Gasteiger partial charge in [0.1, 0.15) is 0 Å². The molecule has 2 N–H and O–H groups in total. The van der Waals surface area contributed by atoms with Crippen molar-refractivity contribution in [1.82, 2.24) is 10.4 Å². The van der Waals surface area contributed by atoms with Gasteiger partial charge in [0.15, 0.2) is 0 Å². The van der Waals surface area contributed by atoms with Crippen molar-refractivity contribution in [1.29, 1.82) is 0 Å². The Morgan fingerprint density at radius 3 is 2.38 bits per heavy atom. The van der Waals surface area contributed by atoms with Gasteiger partial charge in [-0.25, -0.2) is 5.43 Å². The Bertz CT molecular complexity index is 362. The maximum absolute atomic E-state index is 11.5. The number of hydrogen-bond donors (Lipinski definition) is 2. The maximum Gasteiger partial charge on any atom is 0.239 e. The zero-order chi connectivity index (χ0) is 12.1. The summed E-state index contributed by atoms with van der Waals surface area (Å²) in [5.74, 6) is -0.205. The lowest BCUT2D eigenvalue weighted by atomic mass is 10.3. The van der Waals surface area contributed by atoms with Gasteiger partial charge in [-0.15, -0.1) is 0 Å². The van der Waals surface area contributed by atoms with Crippen molar-refractivity contribution in [3.05, 3.63) is 28.2 Å². The second-order valence-corrected chi connectivity index (χ2v) is 4.19. The molecule has 1 amide bonds. The van der Waals surface area contributed by atoms with Crippen LogP contribution >= 0.6 is 23.2 Å². The van der Waals surface area contributed by atoms with Crippen molar-refractivity contribution in [2.24, 2.45) is 0 Å². The molecular formula is C10H13Cl2N3O. The Balaban J connectivity index is 2.63. The molecule has 4 nitrogen and oxygen atoms in total. The summed E-state index contributed by atoms with van der Waals surface area (Å²) in [6.07, 6.45) is 0. The van der Waals surface area contributed by atoms with Crippen LogP contribution in [0.5, 0.6) is 0 Å². The number of carbonyl (C=O) groups excluding carboxylic acids is 1. The molecule has 0 aliphatic heterocycles. The summed E-state index contributed by atoms with van der Waals surface area (Å²) in [5, 5.41) is 5.17. The Labute approximate surface area is 104 Å². The number of rotatable bonds is 4. The zero-order valence-electron chi connectivity index (χ0n) is 9.05. The van der Waals surface area contributed by atoms with Crippen LogP contribution in [0.3, 0.4) is 0 Å². The molecule has 0 radical (unpaired) electrons. The monoisotopic (exact) mass is 261 g/mol. The second kappa shape index (κ2) is 6.06. The van der Waals surface area contributed by atoms with Gasteiger partial charge in [0.25, 0.3) is 0 Å². The van der Waals surface area contributed by atoms with Gasteiger partial charge in [-0.1, -0.05) is 29.3 Å². The van der Waals surface area contributed by atoms with Crippen LogP contribution in [-0.4, -0.2) is 31.6 Å². The minimum absolute atomic E-state index is 0.161. The van der Waals surface area contributed by atoms with Gasteiger partial charge in [-0.2, -0.15) is 0 Å². The van der Waals surface area contributed by atoms with Gasteiger partial charge in [0.05, 0.1) is 22.3 Å². The van der Waals surface area contributed by atoms with E-state index >= 15 is 0 Å². The molecule has 0 atom stereocenters. The number of hydrazine groups is 1. The highest BCUT2D eigenvalue weighted by Crippen LogP contribution is 2.29. The average molecular weight is 262 g/mol. The van der Waals surface area contributed by atoms with Crippen LogP contribution in [0.4, 0.5) is 5.69 Å². The number of para-hydroxylation sites is 1. The zero-order valence-corrected chi connectivity index (χ0v) is 10.6. The molecular weight excluding hydrogens is 249 g/mol. The molecule has 0 unspecified atom stereocenters. The molecule has 1 aromatic carbocycles. The topological polar surface area (TPSA) is 44.4 Å². The smallest absolute Gasteiger partial charge is 0.239 e. The van der Waals surface area contributed by atoms with Crippen molar-refractivity contribution < 1.29 is 4.79 Å². The fourth-order valence-electron chi connectivity index (χ4n) is 1.03. The number of nitrogens with one attached hydrogen (secondary N) is 2.